The van der Waals surface area contributed by atoms with Crippen molar-refractivity contribution in [1.82, 2.24) is 10.6 Å². The van der Waals surface area contributed by atoms with Crippen molar-refractivity contribution in [2.75, 3.05) is 13.1 Å². The van der Waals surface area contributed by atoms with E-state index in [9.17, 15) is 19.5 Å². The van der Waals surface area contributed by atoms with E-state index < -0.39 is 29.7 Å². The second kappa shape index (κ2) is 9.60. The van der Waals surface area contributed by atoms with Crippen molar-refractivity contribution >= 4 is 29.6 Å². The number of aliphatic hydroxyl groups is 1. The van der Waals surface area contributed by atoms with E-state index in [0.717, 1.165) is 30.4 Å². The molecule has 9 heteroatoms. The third-order valence-electron chi connectivity index (χ3n) is 6.39. The molecular formula is C24H35ClN3O5+. The third kappa shape index (κ3) is 6.46. The highest BCUT2D eigenvalue weighted by Gasteiger charge is 2.54. The van der Waals surface area contributed by atoms with Crippen LogP contribution in [0.2, 0.25) is 5.02 Å². The highest BCUT2D eigenvalue weighted by Crippen LogP contribution is 2.49. The Balaban J connectivity index is 1.63. The van der Waals surface area contributed by atoms with Crippen LogP contribution < -0.4 is 10.6 Å². The molecule has 1 saturated carbocycles. The molecular weight excluding hydrogens is 446 g/mol. The number of nitrogens with one attached hydrogen (secondary N) is 2. The number of nitrogens with zero attached hydrogens (tertiary/aromatic N) is 1. The Kier molecular flexibility index (Phi) is 7.41. The molecule has 0 radical (unpaired) electrons. The van der Waals surface area contributed by atoms with Crippen LogP contribution in [0.4, 0.5) is 9.59 Å². The molecule has 0 spiro atoms. The Hall–Kier alpha value is -2.16. The molecule has 2 aliphatic rings. The minimum Gasteiger partial charge on any atom is -0.444 e. The van der Waals surface area contributed by atoms with Crippen molar-refractivity contribution in [1.29, 1.82) is 0 Å². The molecule has 4 amide bonds. The summed E-state index contributed by atoms with van der Waals surface area (Å²) in [6, 6.07) is 4.79. The predicted octanol–water partition coefficient (Wildman–Crippen LogP) is 3.87. The van der Waals surface area contributed by atoms with Crippen LogP contribution in [0.15, 0.2) is 18.2 Å². The molecule has 1 atom stereocenters. The summed E-state index contributed by atoms with van der Waals surface area (Å²) >= 11 is 6.15. The number of ether oxygens (including phenoxy) is 1. The van der Waals surface area contributed by atoms with Crippen LogP contribution in [0.3, 0.4) is 0 Å². The van der Waals surface area contributed by atoms with Crippen molar-refractivity contribution in [2.24, 2.45) is 5.41 Å². The number of amides is 4. The number of imide groups is 1. The number of likely N-dealkylation sites (tertiary alicyclic amines) is 1. The minimum absolute atomic E-state index is 0.0111. The molecule has 1 heterocycles. The van der Waals surface area contributed by atoms with Gasteiger partial charge in [0, 0.05) is 24.5 Å². The summed E-state index contributed by atoms with van der Waals surface area (Å²) < 4.78 is 4.89. The van der Waals surface area contributed by atoms with Gasteiger partial charge in [-0.2, -0.15) is 4.48 Å². The fourth-order valence-electron chi connectivity index (χ4n) is 3.99. The van der Waals surface area contributed by atoms with Crippen LogP contribution >= 0.6 is 11.6 Å². The van der Waals surface area contributed by atoms with Gasteiger partial charge >= 0.3 is 18.0 Å². The van der Waals surface area contributed by atoms with E-state index >= 15 is 0 Å². The number of benzene rings is 1. The van der Waals surface area contributed by atoms with Crippen molar-refractivity contribution in [3.63, 3.8) is 0 Å². The first-order valence-corrected chi connectivity index (χ1v) is 11.8. The Bertz CT molecular complexity index is 919. The topological polar surface area (TPSA) is 105 Å². The van der Waals surface area contributed by atoms with E-state index in [1.807, 2.05) is 0 Å². The smallest absolute Gasteiger partial charge is 0.424 e. The average molecular weight is 481 g/mol. The zero-order chi connectivity index (χ0) is 24.4. The van der Waals surface area contributed by atoms with E-state index in [-0.39, 0.29) is 23.0 Å². The molecule has 0 unspecified atom stereocenters. The second-order valence-electron chi connectivity index (χ2n) is 10.6. The minimum atomic E-state index is -1.14. The van der Waals surface area contributed by atoms with Gasteiger partial charge in [0.2, 0.25) is 0 Å². The highest BCUT2D eigenvalue weighted by atomic mass is 35.5. The van der Waals surface area contributed by atoms with Crippen LogP contribution in [0.5, 0.6) is 0 Å². The lowest BCUT2D eigenvalue weighted by Crippen LogP contribution is -2.70. The molecule has 0 aromatic heterocycles. The van der Waals surface area contributed by atoms with Crippen LogP contribution in [0.25, 0.3) is 0 Å². The number of hydrogen-bond acceptors (Lipinski definition) is 5. The van der Waals surface area contributed by atoms with Gasteiger partial charge in [0.1, 0.15) is 18.7 Å². The Labute approximate surface area is 200 Å². The quantitative estimate of drug-likeness (QED) is 0.514. The summed E-state index contributed by atoms with van der Waals surface area (Å²) in [7, 11) is 0. The maximum absolute atomic E-state index is 13.1. The van der Waals surface area contributed by atoms with E-state index in [4.69, 9.17) is 16.3 Å². The number of halogens is 1. The highest BCUT2D eigenvalue weighted by molar-refractivity contribution is 6.30. The Morgan fingerprint density at radius 3 is 2.33 bits per heavy atom. The summed E-state index contributed by atoms with van der Waals surface area (Å²) in [5, 5.41) is 16.6. The normalized spacial score (nSPS) is 19.1. The number of aliphatic hydroxyl groups excluding tert-OH is 1. The SMILES string of the molecule is CC1(C[C@@H](O)C(=O)[N+]2(C(=O)NCc3cc(Cl)ccc3CNC(=O)OC(C)(C)C)CCC2)CC1. The van der Waals surface area contributed by atoms with Crippen LogP contribution in [-0.2, 0) is 22.6 Å². The number of quaternary nitrogens is 1. The fraction of sp³-hybridized carbons (Fsp3) is 0.625. The zero-order valence-corrected chi connectivity index (χ0v) is 20.6. The Morgan fingerprint density at radius 2 is 1.79 bits per heavy atom. The number of alkyl carbamates (subject to hydrolysis) is 1. The molecule has 1 aliphatic carbocycles. The fourth-order valence-corrected chi connectivity index (χ4v) is 4.18. The van der Waals surface area contributed by atoms with E-state index in [2.05, 4.69) is 17.6 Å². The maximum Gasteiger partial charge on any atom is 0.424 e. The van der Waals surface area contributed by atoms with Gasteiger partial charge in [-0.3, -0.25) is 0 Å². The summed E-state index contributed by atoms with van der Waals surface area (Å²) in [5.41, 5.74) is 0.902. The molecule has 1 aromatic carbocycles. The van der Waals surface area contributed by atoms with Crippen molar-refractivity contribution in [3.05, 3.63) is 34.3 Å². The van der Waals surface area contributed by atoms with Gasteiger partial charge in [0.05, 0.1) is 0 Å². The van der Waals surface area contributed by atoms with E-state index in [0.29, 0.717) is 24.5 Å². The zero-order valence-electron chi connectivity index (χ0n) is 19.9. The third-order valence-corrected chi connectivity index (χ3v) is 6.62. The van der Waals surface area contributed by atoms with Gasteiger partial charge in [-0.25, -0.2) is 14.4 Å². The number of urea groups is 1. The lowest BCUT2D eigenvalue weighted by molar-refractivity contribution is -0.818. The van der Waals surface area contributed by atoms with Crippen LogP contribution in [0.1, 0.15) is 64.5 Å². The molecule has 3 rings (SSSR count). The molecule has 1 aromatic rings. The van der Waals surface area contributed by atoms with Gasteiger partial charge in [-0.1, -0.05) is 24.6 Å². The van der Waals surface area contributed by atoms with Gasteiger partial charge < -0.3 is 20.5 Å². The number of carbonyl (C=O) groups is 3. The summed E-state index contributed by atoms with van der Waals surface area (Å²) in [6.45, 7) is 8.53. The van der Waals surface area contributed by atoms with Crippen molar-refractivity contribution < 1.29 is 28.7 Å². The van der Waals surface area contributed by atoms with Crippen molar-refractivity contribution in [3.8, 4) is 0 Å². The van der Waals surface area contributed by atoms with Crippen molar-refractivity contribution in [2.45, 2.75) is 78.2 Å². The lowest BCUT2D eigenvalue weighted by Gasteiger charge is -2.41. The molecule has 3 N–H and O–H groups in total. The van der Waals surface area contributed by atoms with Crippen LogP contribution in [0, 0.1) is 5.41 Å². The average Bonchev–Trinajstić information content (AvgIpc) is 3.39. The molecule has 1 aliphatic heterocycles. The van der Waals surface area contributed by atoms with Crippen LogP contribution in [-0.4, -0.2) is 52.4 Å². The summed E-state index contributed by atoms with van der Waals surface area (Å²) in [4.78, 5) is 38.1. The molecule has 2 fully saturated rings. The molecule has 8 nitrogen and oxygen atoms in total. The molecule has 182 valence electrons. The first-order chi connectivity index (χ1) is 15.3. The first-order valence-electron chi connectivity index (χ1n) is 11.5. The summed E-state index contributed by atoms with van der Waals surface area (Å²) in [5.74, 6) is -0.426. The molecule has 33 heavy (non-hydrogen) atoms. The standard InChI is InChI=1S/C24H34ClN3O5/c1-23(2,3)33-22(32)27-14-16-6-7-18(25)12-17(16)15-26-21(31)28(10-5-11-28)20(30)19(29)13-24(4)8-9-24/h6-7,12,19,29H,5,8-11,13-15H2,1-4H3,(H-,26,27,31,32)/p+1/t19-/m1/s1. The van der Waals surface area contributed by atoms with Gasteiger partial charge in [-0.05, 0) is 68.7 Å². The summed E-state index contributed by atoms with van der Waals surface area (Å²) in [6.07, 6.45) is 1.47. The van der Waals surface area contributed by atoms with Gasteiger partial charge in [-0.15, -0.1) is 0 Å². The largest absolute Gasteiger partial charge is 0.444 e. The van der Waals surface area contributed by atoms with Gasteiger partial charge in [0.25, 0.3) is 0 Å². The number of rotatable bonds is 7. The van der Waals surface area contributed by atoms with Gasteiger partial charge in [0.15, 0.2) is 6.10 Å². The lowest BCUT2D eigenvalue weighted by atomic mass is 9.98. The number of carbonyl (C=O) groups excluding carboxylic acids is 3. The molecule has 0 bridgehead atoms. The molecule has 1 saturated heterocycles. The number of hydrogen-bond donors (Lipinski definition) is 3. The predicted molar refractivity (Wildman–Crippen MR) is 124 cm³/mol. The van der Waals surface area contributed by atoms with E-state index in [1.54, 1.807) is 39.0 Å². The first kappa shape index (κ1) is 25.5. The monoisotopic (exact) mass is 480 g/mol. The Morgan fingerprint density at radius 1 is 1.15 bits per heavy atom. The maximum atomic E-state index is 13.1. The van der Waals surface area contributed by atoms with E-state index in [1.165, 1.54) is 0 Å². The second-order valence-corrected chi connectivity index (χ2v) is 11.0.